The maximum absolute atomic E-state index is 11.7. The Bertz CT molecular complexity index is 1350. The molecule has 0 spiro atoms. The molecule has 3 aliphatic heterocycles. The van der Waals surface area contributed by atoms with Crippen LogP contribution in [0.2, 0.25) is 0 Å². The number of nitrogens with zero attached hydrogens (tertiary/aromatic N) is 9. The maximum atomic E-state index is 11.7. The molecule has 1 N–H and O–H groups in total. The molecule has 0 amide bonds. The number of hydrogen-bond donors (Lipinski definition) is 1. The molecule has 0 aliphatic carbocycles. The van der Waals surface area contributed by atoms with Gasteiger partial charge in [0, 0.05) is 47.6 Å². The van der Waals surface area contributed by atoms with Crippen LogP contribution in [0.25, 0.3) is 31.3 Å². The zero-order valence-corrected chi connectivity index (χ0v) is 35.0. The summed E-state index contributed by atoms with van der Waals surface area (Å²) < 4.78 is 62.4. The molecule has 0 aromatic heterocycles. The van der Waals surface area contributed by atoms with Crippen molar-refractivity contribution >= 4 is 5.97 Å². The number of methoxy groups -OCH3 is 1. The van der Waals surface area contributed by atoms with E-state index in [0.29, 0.717) is 51.7 Å². The second-order valence-corrected chi connectivity index (χ2v) is 14.7. The lowest BCUT2D eigenvalue weighted by atomic mass is 9.94. The standard InChI is InChI=1S/C37H65N9O12/c1-8-11-18-50-30-26(41-44-38)22(4)54-35(29(30)48)57-34-32(52-20-13-10-3)28(43-46-40)24(6)56-37(34)58-33-31(51-19-12-9-2)27(42-45-39)23(5)55-36(33)53-21-16-14-15-17-25(47)49-7/h22-24,26-37,48H,8-21H2,1-7H3/t22?,23?,24?,26-,27-,28-,29-,30?,31?,32?,33-,34-,35-,36+,37-/m1/s1. The third-order valence-corrected chi connectivity index (χ3v) is 10.4. The van der Waals surface area contributed by atoms with E-state index in [-0.39, 0.29) is 25.6 Å². The Labute approximate surface area is 340 Å². The van der Waals surface area contributed by atoms with Crippen LogP contribution in [0.4, 0.5) is 0 Å². The molecule has 3 rings (SSSR count). The van der Waals surface area contributed by atoms with Gasteiger partial charge in [-0.3, -0.25) is 4.79 Å². The van der Waals surface area contributed by atoms with Gasteiger partial charge in [0.2, 0.25) is 0 Å². The van der Waals surface area contributed by atoms with E-state index in [4.69, 9.17) is 47.4 Å². The molecule has 330 valence electrons. The minimum atomic E-state index is -1.44. The molecular weight excluding hydrogens is 762 g/mol. The molecule has 6 unspecified atom stereocenters. The number of esters is 1. The molecule has 3 saturated heterocycles. The summed E-state index contributed by atoms with van der Waals surface area (Å²) in [5, 5.41) is 23.7. The van der Waals surface area contributed by atoms with Crippen molar-refractivity contribution in [1.82, 2.24) is 0 Å². The van der Waals surface area contributed by atoms with Crippen LogP contribution in [0, 0.1) is 0 Å². The smallest absolute Gasteiger partial charge is 0.305 e. The van der Waals surface area contributed by atoms with E-state index in [1.807, 2.05) is 20.8 Å². The Morgan fingerprint density at radius 3 is 1.47 bits per heavy atom. The fourth-order valence-electron chi connectivity index (χ4n) is 7.10. The van der Waals surface area contributed by atoms with E-state index >= 15 is 0 Å². The van der Waals surface area contributed by atoms with E-state index in [2.05, 4.69) is 30.1 Å². The number of hydrogen-bond acceptors (Lipinski definition) is 15. The molecule has 0 aromatic carbocycles. The summed E-state index contributed by atoms with van der Waals surface area (Å²) in [6, 6.07) is -2.59. The zero-order chi connectivity index (χ0) is 42.5. The van der Waals surface area contributed by atoms with Gasteiger partial charge >= 0.3 is 5.97 Å². The number of ether oxygens (including phenoxy) is 10. The third-order valence-electron chi connectivity index (χ3n) is 10.4. The molecule has 21 heteroatoms. The van der Waals surface area contributed by atoms with E-state index < -0.39 is 91.9 Å². The van der Waals surface area contributed by atoms with Crippen molar-refractivity contribution in [3.63, 3.8) is 0 Å². The lowest BCUT2D eigenvalue weighted by Crippen LogP contribution is -2.66. The monoisotopic (exact) mass is 827 g/mol. The van der Waals surface area contributed by atoms with Crippen molar-refractivity contribution in [2.24, 2.45) is 15.3 Å². The summed E-state index contributed by atoms with van der Waals surface area (Å²) >= 11 is 0. The second kappa shape index (κ2) is 27.0. The second-order valence-electron chi connectivity index (χ2n) is 14.7. The molecule has 0 aromatic rings. The van der Waals surface area contributed by atoms with Crippen LogP contribution in [-0.4, -0.2) is 137 Å². The number of rotatable bonds is 26. The Balaban J connectivity index is 2.06. The van der Waals surface area contributed by atoms with Gasteiger partial charge in [0.15, 0.2) is 18.9 Å². The lowest BCUT2D eigenvalue weighted by molar-refractivity contribution is -0.377. The molecule has 15 atom stereocenters. The normalized spacial score (nSPS) is 34.9. The number of carbonyl (C=O) groups is 1. The number of carbonyl (C=O) groups excluding carboxylic acids is 1. The van der Waals surface area contributed by atoms with Gasteiger partial charge in [0.05, 0.1) is 61.9 Å². The van der Waals surface area contributed by atoms with Crippen molar-refractivity contribution in [3.05, 3.63) is 31.3 Å². The van der Waals surface area contributed by atoms with Crippen LogP contribution in [0.3, 0.4) is 0 Å². The van der Waals surface area contributed by atoms with Crippen molar-refractivity contribution in [2.45, 2.75) is 198 Å². The third kappa shape index (κ3) is 14.3. The molecule has 3 heterocycles. The lowest BCUT2D eigenvalue weighted by Gasteiger charge is -2.50. The molecule has 3 fully saturated rings. The van der Waals surface area contributed by atoms with Crippen molar-refractivity contribution in [1.29, 1.82) is 0 Å². The molecule has 0 radical (unpaired) electrons. The van der Waals surface area contributed by atoms with Gasteiger partial charge < -0.3 is 52.5 Å². The van der Waals surface area contributed by atoms with E-state index in [1.165, 1.54) is 7.11 Å². The van der Waals surface area contributed by atoms with Crippen LogP contribution >= 0.6 is 0 Å². The number of aliphatic hydroxyl groups is 1. The summed E-state index contributed by atoms with van der Waals surface area (Å²) in [6.07, 6.45) is -5.63. The summed E-state index contributed by atoms with van der Waals surface area (Å²) in [5.74, 6) is -0.288. The van der Waals surface area contributed by atoms with Crippen molar-refractivity contribution in [2.75, 3.05) is 33.5 Å². The van der Waals surface area contributed by atoms with Gasteiger partial charge in [-0.15, -0.1) is 0 Å². The highest BCUT2D eigenvalue weighted by atomic mass is 16.8. The fraction of sp³-hybridized carbons (Fsp3) is 0.973. The fourth-order valence-corrected chi connectivity index (χ4v) is 7.10. The van der Waals surface area contributed by atoms with Crippen molar-refractivity contribution < 1.29 is 57.3 Å². The summed E-state index contributed by atoms with van der Waals surface area (Å²) in [6.45, 7) is 12.3. The highest BCUT2D eigenvalue weighted by molar-refractivity contribution is 5.68. The largest absolute Gasteiger partial charge is 0.469 e. The highest BCUT2D eigenvalue weighted by Gasteiger charge is 2.54. The van der Waals surface area contributed by atoms with Crippen LogP contribution in [-0.2, 0) is 52.2 Å². The number of aliphatic hydroxyl groups excluding tert-OH is 1. The van der Waals surface area contributed by atoms with Crippen LogP contribution in [0.15, 0.2) is 15.3 Å². The predicted octanol–water partition coefficient (Wildman–Crippen LogP) is 6.69. The van der Waals surface area contributed by atoms with Gasteiger partial charge in [0.1, 0.15) is 18.3 Å². The van der Waals surface area contributed by atoms with E-state index in [9.17, 15) is 26.5 Å². The summed E-state index contributed by atoms with van der Waals surface area (Å²) in [4.78, 5) is 20.8. The maximum Gasteiger partial charge on any atom is 0.305 e. The minimum Gasteiger partial charge on any atom is -0.469 e. The van der Waals surface area contributed by atoms with Gasteiger partial charge in [-0.2, -0.15) is 0 Å². The molecule has 58 heavy (non-hydrogen) atoms. The first-order chi connectivity index (χ1) is 28.1. The van der Waals surface area contributed by atoms with Crippen molar-refractivity contribution in [3.8, 4) is 0 Å². The van der Waals surface area contributed by atoms with Gasteiger partial charge in [0.25, 0.3) is 0 Å². The van der Waals surface area contributed by atoms with Crippen LogP contribution < -0.4 is 0 Å². The predicted molar refractivity (Wildman–Crippen MR) is 208 cm³/mol. The van der Waals surface area contributed by atoms with Crippen LogP contribution in [0.5, 0.6) is 0 Å². The molecule has 0 saturated carbocycles. The Hall–Kier alpha value is -3.00. The first kappa shape index (κ1) is 49.4. The number of azide groups is 3. The average Bonchev–Trinajstić information content (AvgIpc) is 3.20. The van der Waals surface area contributed by atoms with E-state index in [0.717, 1.165) is 19.3 Å². The van der Waals surface area contributed by atoms with Gasteiger partial charge in [-0.1, -0.05) is 61.8 Å². The average molecular weight is 828 g/mol. The summed E-state index contributed by atoms with van der Waals surface area (Å²) in [7, 11) is 1.35. The summed E-state index contributed by atoms with van der Waals surface area (Å²) in [5.41, 5.74) is 28.6. The molecule has 0 bridgehead atoms. The topological polar surface area (TPSA) is 276 Å². The number of unbranched alkanes of at least 4 members (excludes halogenated alkanes) is 5. The first-order valence-electron chi connectivity index (χ1n) is 20.7. The Morgan fingerprint density at radius 2 is 0.983 bits per heavy atom. The molecule has 3 aliphatic rings. The molecule has 21 nitrogen and oxygen atoms in total. The van der Waals surface area contributed by atoms with E-state index in [1.54, 1.807) is 20.8 Å². The van der Waals surface area contributed by atoms with Crippen LogP contribution in [0.1, 0.15) is 106 Å². The van der Waals surface area contributed by atoms with Gasteiger partial charge in [-0.05, 0) is 69.5 Å². The zero-order valence-electron chi connectivity index (χ0n) is 35.0. The Kier molecular flexibility index (Phi) is 23.0. The minimum absolute atomic E-state index is 0.238. The molecular formula is C37H65N9O12. The highest BCUT2D eigenvalue weighted by Crippen LogP contribution is 2.37. The van der Waals surface area contributed by atoms with Gasteiger partial charge in [-0.25, -0.2) is 0 Å². The Morgan fingerprint density at radius 1 is 0.569 bits per heavy atom. The quantitative estimate of drug-likeness (QED) is 0.0314. The first-order valence-corrected chi connectivity index (χ1v) is 20.7. The SMILES string of the molecule is CCCCOC1[C@H](N=[N+]=[N-])C(C)O[C@H](O[C@@H]2C(OCCCC)[C@H](N=[N+]=[N-])C(C)O[C@@H]2O[C@@H]2C(OCCCC)[C@H](N=[N+]=[N-])C(C)O[C@@H]2OCCCCCC(=O)OC)[C@@H]1O.